The van der Waals surface area contributed by atoms with Crippen molar-refractivity contribution in [1.29, 1.82) is 0 Å². The van der Waals surface area contributed by atoms with Crippen molar-refractivity contribution >= 4 is 11.9 Å². The summed E-state index contributed by atoms with van der Waals surface area (Å²) in [5, 5.41) is 8.96. The van der Waals surface area contributed by atoms with E-state index < -0.39 is 5.97 Å². The molecule has 1 amide bonds. The molecular weight excluding hydrogens is 256 g/mol. The number of likely N-dealkylation sites (tertiary alicyclic amines) is 2. The van der Waals surface area contributed by atoms with Gasteiger partial charge in [-0.3, -0.25) is 14.5 Å². The quantitative estimate of drug-likeness (QED) is 0.828. The van der Waals surface area contributed by atoms with Crippen molar-refractivity contribution in [2.45, 2.75) is 39.0 Å². The Morgan fingerprint density at radius 2 is 1.85 bits per heavy atom. The van der Waals surface area contributed by atoms with Crippen molar-refractivity contribution in [2.24, 2.45) is 11.8 Å². The lowest BCUT2D eigenvalue weighted by atomic mass is 9.97. The molecule has 0 aromatic carbocycles. The van der Waals surface area contributed by atoms with Gasteiger partial charge in [0, 0.05) is 19.6 Å². The number of carbonyl (C=O) groups excluding carboxylic acids is 1. The number of amides is 1. The summed E-state index contributed by atoms with van der Waals surface area (Å²) in [7, 11) is 0. The number of piperidine rings is 1. The van der Waals surface area contributed by atoms with E-state index in [0.717, 1.165) is 19.0 Å². The average molecular weight is 282 g/mol. The van der Waals surface area contributed by atoms with Crippen LogP contribution in [0.4, 0.5) is 0 Å². The van der Waals surface area contributed by atoms with Crippen LogP contribution in [0.15, 0.2) is 0 Å². The largest absolute Gasteiger partial charge is 0.481 e. The van der Waals surface area contributed by atoms with Gasteiger partial charge in [0.1, 0.15) is 0 Å². The molecule has 0 aliphatic carbocycles. The summed E-state index contributed by atoms with van der Waals surface area (Å²) < 4.78 is 0. The fourth-order valence-electron chi connectivity index (χ4n) is 3.37. The maximum atomic E-state index is 12.2. The Morgan fingerprint density at radius 1 is 1.15 bits per heavy atom. The number of hydrogen-bond acceptors (Lipinski definition) is 3. The minimum Gasteiger partial charge on any atom is -0.481 e. The molecule has 1 atom stereocenters. The Kier molecular flexibility index (Phi) is 5.40. The summed E-state index contributed by atoms with van der Waals surface area (Å²) in [6.07, 6.45) is 4.88. The molecule has 2 rings (SSSR count). The predicted molar refractivity (Wildman–Crippen MR) is 76.4 cm³/mol. The van der Waals surface area contributed by atoms with Crippen LogP contribution >= 0.6 is 0 Å². The van der Waals surface area contributed by atoms with Gasteiger partial charge in [-0.1, -0.05) is 13.3 Å². The van der Waals surface area contributed by atoms with Crippen LogP contribution in [0.3, 0.4) is 0 Å². The Labute approximate surface area is 120 Å². The lowest BCUT2D eigenvalue weighted by Crippen LogP contribution is -2.44. The van der Waals surface area contributed by atoms with Crippen LogP contribution in [-0.2, 0) is 9.59 Å². The number of hydrogen-bond donors (Lipinski definition) is 1. The van der Waals surface area contributed by atoms with Gasteiger partial charge in [-0.15, -0.1) is 0 Å². The van der Waals surface area contributed by atoms with Gasteiger partial charge in [-0.05, 0) is 38.1 Å². The topological polar surface area (TPSA) is 60.9 Å². The van der Waals surface area contributed by atoms with E-state index in [9.17, 15) is 9.59 Å². The third kappa shape index (κ3) is 3.95. The molecular formula is C15H26N2O3. The standard InChI is InChI=1S/C15H26N2O3/c1-2-3-12-4-7-16(10-12)11-14(18)17-8-5-13(6-9-17)15(19)20/h12-13H,2-11H2,1H3,(H,19,20). The summed E-state index contributed by atoms with van der Waals surface area (Å²) in [5.74, 6) is -0.0599. The maximum absolute atomic E-state index is 12.2. The average Bonchev–Trinajstić information content (AvgIpc) is 2.86. The van der Waals surface area contributed by atoms with E-state index >= 15 is 0 Å². The third-order valence-electron chi connectivity index (χ3n) is 4.62. The van der Waals surface area contributed by atoms with Crippen LogP contribution in [0, 0.1) is 11.8 Å². The molecule has 0 bridgehead atoms. The summed E-state index contributed by atoms with van der Waals surface area (Å²) in [4.78, 5) is 27.2. The molecule has 1 unspecified atom stereocenters. The Bertz CT molecular complexity index is 351. The van der Waals surface area contributed by atoms with E-state index in [1.165, 1.54) is 19.3 Å². The molecule has 0 saturated carbocycles. The van der Waals surface area contributed by atoms with Crippen molar-refractivity contribution in [2.75, 3.05) is 32.7 Å². The molecule has 2 fully saturated rings. The molecule has 2 heterocycles. The van der Waals surface area contributed by atoms with Gasteiger partial charge in [-0.25, -0.2) is 0 Å². The Balaban J connectivity index is 1.72. The van der Waals surface area contributed by atoms with Crippen molar-refractivity contribution in [3.05, 3.63) is 0 Å². The van der Waals surface area contributed by atoms with Crippen LogP contribution in [0.25, 0.3) is 0 Å². The van der Waals surface area contributed by atoms with E-state index in [-0.39, 0.29) is 11.8 Å². The highest BCUT2D eigenvalue weighted by Gasteiger charge is 2.29. The molecule has 20 heavy (non-hydrogen) atoms. The highest BCUT2D eigenvalue weighted by Crippen LogP contribution is 2.22. The van der Waals surface area contributed by atoms with E-state index in [2.05, 4.69) is 11.8 Å². The van der Waals surface area contributed by atoms with Crippen LogP contribution < -0.4 is 0 Å². The summed E-state index contributed by atoms with van der Waals surface area (Å²) >= 11 is 0. The molecule has 0 aromatic heterocycles. The Hall–Kier alpha value is -1.10. The second kappa shape index (κ2) is 7.07. The first-order valence-corrected chi connectivity index (χ1v) is 7.83. The zero-order valence-electron chi connectivity index (χ0n) is 12.4. The van der Waals surface area contributed by atoms with Crippen molar-refractivity contribution in [3.8, 4) is 0 Å². The SMILES string of the molecule is CCCC1CCN(CC(=O)N2CCC(C(=O)O)CC2)C1. The van der Waals surface area contributed by atoms with Gasteiger partial charge in [-0.2, -0.15) is 0 Å². The number of carboxylic acid groups (broad SMARTS) is 1. The highest BCUT2D eigenvalue weighted by atomic mass is 16.4. The van der Waals surface area contributed by atoms with Gasteiger partial charge in [0.2, 0.25) is 5.91 Å². The summed E-state index contributed by atoms with van der Waals surface area (Å²) in [5.41, 5.74) is 0. The monoisotopic (exact) mass is 282 g/mol. The fraction of sp³-hybridized carbons (Fsp3) is 0.867. The third-order valence-corrected chi connectivity index (χ3v) is 4.62. The number of carboxylic acids is 1. The molecule has 5 heteroatoms. The zero-order chi connectivity index (χ0) is 14.5. The zero-order valence-corrected chi connectivity index (χ0v) is 12.4. The number of carbonyl (C=O) groups is 2. The normalized spacial score (nSPS) is 25.1. The van der Waals surface area contributed by atoms with Crippen molar-refractivity contribution < 1.29 is 14.7 Å². The predicted octanol–water partition coefficient (Wildman–Crippen LogP) is 1.43. The van der Waals surface area contributed by atoms with Gasteiger partial charge >= 0.3 is 5.97 Å². The lowest BCUT2D eigenvalue weighted by Gasteiger charge is -2.31. The molecule has 0 spiro atoms. The molecule has 2 saturated heterocycles. The van der Waals surface area contributed by atoms with Crippen molar-refractivity contribution in [3.63, 3.8) is 0 Å². The smallest absolute Gasteiger partial charge is 0.306 e. The van der Waals surface area contributed by atoms with Crippen LogP contribution in [-0.4, -0.2) is 59.5 Å². The molecule has 2 aliphatic heterocycles. The number of aliphatic carboxylic acids is 1. The van der Waals surface area contributed by atoms with Gasteiger partial charge in [0.25, 0.3) is 0 Å². The van der Waals surface area contributed by atoms with Crippen LogP contribution in [0.2, 0.25) is 0 Å². The second-order valence-corrected chi connectivity index (χ2v) is 6.17. The first kappa shape index (κ1) is 15.3. The van der Waals surface area contributed by atoms with Gasteiger partial charge in [0.15, 0.2) is 0 Å². The minimum absolute atomic E-state index is 0.172. The van der Waals surface area contributed by atoms with E-state index in [1.807, 2.05) is 4.90 Å². The van der Waals surface area contributed by atoms with Crippen LogP contribution in [0.5, 0.6) is 0 Å². The molecule has 5 nitrogen and oxygen atoms in total. The first-order chi connectivity index (χ1) is 9.60. The van der Waals surface area contributed by atoms with E-state index in [1.54, 1.807) is 0 Å². The molecule has 0 aromatic rings. The highest BCUT2D eigenvalue weighted by molar-refractivity contribution is 5.79. The van der Waals surface area contributed by atoms with Gasteiger partial charge < -0.3 is 10.0 Å². The number of nitrogens with zero attached hydrogens (tertiary/aromatic N) is 2. The maximum Gasteiger partial charge on any atom is 0.306 e. The lowest BCUT2D eigenvalue weighted by molar-refractivity contribution is -0.145. The first-order valence-electron chi connectivity index (χ1n) is 7.83. The molecule has 0 radical (unpaired) electrons. The van der Waals surface area contributed by atoms with Crippen LogP contribution in [0.1, 0.15) is 39.0 Å². The number of rotatable bonds is 5. The van der Waals surface area contributed by atoms with E-state index in [4.69, 9.17) is 5.11 Å². The van der Waals surface area contributed by atoms with Gasteiger partial charge in [0.05, 0.1) is 12.5 Å². The summed E-state index contributed by atoms with van der Waals surface area (Å²) in [6, 6.07) is 0. The molecule has 114 valence electrons. The summed E-state index contributed by atoms with van der Waals surface area (Å²) in [6.45, 7) is 6.00. The molecule has 2 aliphatic rings. The van der Waals surface area contributed by atoms with Crippen molar-refractivity contribution in [1.82, 2.24) is 9.80 Å². The fourth-order valence-corrected chi connectivity index (χ4v) is 3.37. The second-order valence-electron chi connectivity index (χ2n) is 6.17. The Morgan fingerprint density at radius 3 is 2.45 bits per heavy atom. The minimum atomic E-state index is -0.723. The van der Waals surface area contributed by atoms with E-state index in [0.29, 0.717) is 32.5 Å². The molecule has 1 N–H and O–H groups in total.